The molecule has 0 amide bonds. The van der Waals surface area contributed by atoms with Crippen LogP contribution in [0.25, 0.3) is 5.69 Å². The molecule has 1 heterocycles. The summed E-state index contributed by atoms with van der Waals surface area (Å²) < 4.78 is 40.6. The second-order valence-corrected chi connectivity index (χ2v) is 4.74. The number of halogens is 3. The molecule has 0 unspecified atom stereocenters. The summed E-state index contributed by atoms with van der Waals surface area (Å²) in [5.41, 5.74) is 0.695. The van der Waals surface area contributed by atoms with Gasteiger partial charge in [0.05, 0.1) is 11.3 Å². The fraction of sp³-hybridized carbons (Fsp3) is 0.267. The van der Waals surface area contributed by atoms with Crippen LogP contribution in [0.3, 0.4) is 0 Å². The zero-order chi connectivity index (χ0) is 15.6. The number of nitrogens with zero attached hydrogens (tertiary/aromatic N) is 2. The van der Waals surface area contributed by atoms with Gasteiger partial charge in [0.1, 0.15) is 0 Å². The summed E-state index contributed by atoms with van der Waals surface area (Å²) >= 11 is 0. The van der Waals surface area contributed by atoms with Crippen LogP contribution in [0.15, 0.2) is 37.1 Å². The number of aromatic nitrogens is 2. The third kappa shape index (κ3) is 3.26. The zero-order valence-electron chi connectivity index (χ0n) is 11.8. The van der Waals surface area contributed by atoms with Crippen molar-refractivity contribution in [2.24, 2.45) is 0 Å². The molecule has 0 radical (unpaired) electrons. The van der Waals surface area contributed by atoms with E-state index >= 15 is 0 Å². The monoisotopic (exact) mass is 295 g/mol. The number of rotatable bonds is 4. The Balaban J connectivity index is 2.50. The predicted molar refractivity (Wildman–Crippen MR) is 76.7 cm³/mol. The highest BCUT2D eigenvalue weighted by Gasteiger charge is 2.32. The number of hydrogen-bond acceptors (Lipinski definition) is 2. The SMILES string of the molecule is C=CCNc1nc(C)cn1-c1ccc(C)c(C(F)(F)F)c1. The maximum Gasteiger partial charge on any atom is 0.416 e. The van der Waals surface area contributed by atoms with Crippen LogP contribution in [-0.2, 0) is 6.18 Å². The quantitative estimate of drug-likeness (QED) is 0.860. The van der Waals surface area contributed by atoms with E-state index in [9.17, 15) is 13.2 Å². The van der Waals surface area contributed by atoms with Crippen molar-refractivity contribution in [2.45, 2.75) is 20.0 Å². The van der Waals surface area contributed by atoms with Crippen LogP contribution >= 0.6 is 0 Å². The van der Waals surface area contributed by atoms with Gasteiger partial charge in [-0.1, -0.05) is 12.1 Å². The molecule has 1 aromatic heterocycles. The van der Waals surface area contributed by atoms with Crippen LogP contribution in [0.5, 0.6) is 0 Å². The highest BCUT2D eigenvalue weighted by Crippen LogP contribution is 2.33. The van der Waals surface area contributed by atoms with Crippen molar-refractivity contribution >= 4 is 5.95 Å². The van der Waals surface area contributed by atoms with Gasteiger partial charge in [0, 0.05) is 18.4 Å². The van der Waals surface area contributed by atoms with Gasteiger partial charge in [-0.3, -0.25) is 4.57 Å². The molecule has 0 saturated heterocycles. The van der Waals surface area contributed by atoms with Crippen LogP contribution in [0, 0.1) is 13.8 Å². The molecular formula is C15H16F3N3. The molecule has 2 rings (SSSR count). The molecule has 0 aliphatic carbocycles. The molecular weight excluding hydrogens is 279 g/mol. The Labute approximate surface area is 121 Å². The van der Waals surface area contributed by atoms with E-state index in [1.807, 2.05) is 0 Å². The molecule has 0 atom stereocenters. The molecule has 0 saturated carbocycles. The van der Waals surface area contributed by atoms with Crippen LogP contribution < -0.4 is 5.32 Å². The minimum absolute atomic E-state index is 0.198. The van der Waals surface area contributed by atoms with E-state index in [1.165, 1.54) is 13.0 Å². The average molecular weight is 295 g/mol. The average Bonchev–Trinajstić information content (AvgIpc) is 2.76. The Bertz CT molecular complexity index is 657. The zero-order valence-corrected chi connectivity index (χ0v) is 11.8. The summed E-state index contributed by atoms with van der Waals surface area (Å²) in [6, 6.07) is 4.24. The molecule has 1 aromatic carbocycles. The molecule has 3 nitrogen and oxygen atoms in total. The number of aryl methyl sites for hydroxylation is 2. The summed E-state index contributed by atoms with van der Waals surface area (Å²) in [6.07, 6.45) is -1.02. The Kier molecular flexibility index (Phi) is 4.06. The van der Waals surface area contributed by atoms with Crippen molar-refractivity contribution < 1.29 is 13.2 Å². The number of alkyl halides is 3. The first-order valence-corrected chi connectivity index (χ1v) is 6.42. The molecule has 1 N–H and O–H groups in total. The minimum atomic E-state index is -4.37. The summed E-state index contributed by atoms with van der Waals surface area (Å²) in [5.74, 6) is 0.490. The van der Waals surface area contributed by atoms with E-state index in [2.05, 4.69) is 16.9 Å². The van der Waals surface area contributed by atoms with E-state index in [4.69, 9.17) is 0 Å². The molecule has 0 bridgehead atoms. The second kappa shape index (κ2) is 5.63. The van der Waals surface area contributed by atoms with E-state index in [1.54, 1.807) is 29.8 Å². The van der Waals surface area contributed by atoms with Gasteiger partial charge in [0.25, 0.3) is 0 Å². The second-order valence-electron chi connectivity index (χ2n) is 4.74. The Morgan fingerprint density at radius 2 is 2.05 bits per heavy atom. The number of anilines is 1. The standard InChI is InChI=1S/C15H16F3N3/c1-4-7-19-14-20-11(3)9-21(14)12-6-5-10(2)13(8-12)15(16,17)18/h4-6,8-9H,1,7H2,2-3H3,(H,19,20). The van der Waals surface area contributed by atoms with Crippen molar-refractivity contribution in [3.63, 3.8) is 0 Å². The van der Waals surface area contributed by atoms with Crippen LogP contribution in [-0.4, -0.2) is 16.1 Å². The van der Waals surface area contributed by atoms with Crippen molar-refractivity contribution in [1.29, 1.82) is 0 Å². The van der Waals surface area contributed by atoms with E-state index in [0.717, 1.165) is 11.8 Å². The van der Waals surface area contributed by atoms with Crippen molar-refractivity contribution in [3.05, 3.63) is 53.9 Å². The normalized spacial score (nSPS) is 11.5. The van der Waals surface area contributed by atoms with Gasteiger partial charge in [0.2, 0.25) is 5.95 Å². The van der Waals surface area contributed by atoms with Crippen molar-refractivity contribution in [1.82, 2.24) is 9.55 Å². The van der Waals surface area contributed by atoms with Crippen molar-refractivity contribution in [3.8, 4) is 5.69 Å². The molecule has 0 spiro atoms. The lowest BCUT2D eigenvalue weighted by atomic mass is 10.1. The largest absolute Gasteiger partial charge is 0.416 e. The number of imidazole rings is 1. The first kappa shape index (κ1) is 15.2. The Morgan fingerprint density at radius 3 is 2.67 bits per heavy atom. The van der Waals surface area contributed by atoms with Gasteiger partial charge in [-0.2, -0.15) is 13.2 Å². The van der Waals surface area contributed by atoms with Gasteiger partial charge >= 0.3 is 6.18 Å². The Morgan fingerprint density at radius 1 is 1.33 bits per heavy atom. The molecule has 0 aliphatic heterocycles. The minimum Gasteiger partial charge on any atom is -0.352 e. The fourth-order valence-corrected chi connectivity index (χ4v) is 2.05. The lowest BCUT2D eigenvalue weighted by Crippen LogP contribution is -2.10. The Hall–Kier alpha value is -2.24. The topological polar surface area (TPSA) is 29.9 Å². The van der Waals surface area contributed by atoms with E-state index < -0.39 is 11.7 Å². The lowest BCUT2D eigenvalue weighted by molar-refractivity contribution is -0.138. The summed E-state index contributed by atoms with van der Waals surface area (Å²) in [6.45, 7) is 7.31. The van der Waals surface area contributed by atoms with Gasteiger partial charge < -0.3 is 5.32 Å². The van der Waals surface area contributed by atoms with E-state index in [0.29, 0.717) is 18.2 Å². The molecule has 112 valence electrons. The molecule has 21 heavy (non-hydrogen) atoms. The highest BCUT2D eigenvalue weighted by molar-refractivity contribution is 5.47. The maximum absolute atomic E-state index is 13.0. The number of benzene rings is 1. The van der Waals surface area contributed by atoms with E-state index in [-0.39, 0.29) is 5.56 Å². The van der Waals surface area contributed by atoms with Crippen LogP contribution in [0.2, 0.25) is 0 Å². The molecule has 0 fully saturated rings. The molecule has 6 heteroatoms. The van der Waals surface area contributed by atoms with Crippen molar-refractivity contribution in [2.75, 3.05) is 11.9 Å². The molecule has 0 aliphatic rings. The van der Waals surface area contributed by atoms with Crippen LogP contribution in [0.1, 0.15) is 16.8 Å². The summed E-state index contributed by atoms with van der Waals surface area (Å²) in [5, 5.41) is 3.01. The predicted octanol–water partition coefficient (Wildman–Crippen LogP) is 4.11. The van der Waals surface area contributed by atoms with Gasteiger partial charge in [-0.25, -0.2) is 4.98 Å². The fourth-order valence-electron chi connectivity index (χ4n) is 2.05. The summed E-state index contributed by atoms with van der Waals surface area (Å²) in [4.78, 5) is 4.26. The maximum atomic E-state index is 13.0. The smallest absolute Gasteiger partial charge is 0.352 e. The highest BCUT2D eigenvalue weighted by atomic mass is 19.4. The van der Waals surface area contributed by atoms with Gasteiger partial charge in [-0.05, 0) is 31.5 Å². The molecule has 2 aromatic rings. The third-order valence-electron chi connectivity index (χ3n) is 3.04. The van der Waals surface area contributed by atoms with Gasteiger partial charge in [-0.15, -0.1) is 6.58 Å². The first-order valence-electron chi connectivity index (χ1n) is 6.42. The lowest BCUT2D eigenvalue weighted by Gasteiger charge is -2.14. The number of hydrogen-bond donors (Lipinski definition) is 1. The third-order valence-corrected chi connectivity index (χ3v) is 3.04. The summed E-state index contributed by atoms with van der Waals surface area (Å²) in [7, 11) is 0. The first-order chi connectivity index (χ1) is 9.82. The van der Waals surface area contributed by atoms with Gasteiger partial charge in [0.15, 0.2) is 0 Å². The van der Waals surface area contributed by atoms with Crippen LogP contribution in [0.4, 0.5) is 19.1 Å². The number of nitrogens with one attached hydrogen (secondary N) is 1.